The minimum atomic E-state index is -2.83. The zero-order valence-corrected chi connectivity index (χ0v) is 39.9. The predicted octanol–water partition coefficient (Wildman–Crippen LogP) is 5.19. The fraction of sp³-hybridized carbons (Fsp3) is 0.423. The van der Waals surface area contributed by atoms with Crippen molar-refractivity contribution in [3.8, 4) is 11.1 Å². The van der Waals surface area contributed by atoms with Gasteiger partial charge in [-0.25, -0.2) is 9.97 Å². The molecule has 4 aromatic heterocycles. The van der Waals surface area contributed by atoms with Crippen LogP contribution in [0.25, 0.3) is 11.1 Å². The summed E-state index contributed by atoms with van der Waals surface area (Å²) in [5.41, 5.74) is 5.02. The molecule has 5 aliphatic heterocycles. The van der Waals surface area contributed by atoms with Gasteiger partial charge in [0.2, 0.25) is 11.8 Å². The summed E-state index contributed by atoms with van der Waals surface area (Å²) in [5.74, 6) is -1.62. The number of aliphatic hydroxyl groups is 1. The lowest BCUT2D eigenvalue weighted by molar-refractivity contribution is -0.136. The molecule has 11 rings (SSSR count). The number of benzene rings is 1. The minimum absolute atomic E-state index is 0.0302. The van der Waals surface area contributed by atoms with Crippen LogP contribution in [0.2, 0.25) is 0 Å². The smallest absolute Gasteiger partial charge is 0.274 e. The molecule has 4 atom stereocenters. The third-order valence-corrected chi connectivity index (χ3v) is 16.5. The van der Waals surface area contributed by atoms with E-state index in [9.17, 15) is 33.9 Å². The number of thiophene rings is 1. The number of hydrogen-bond donors (Lipinski definition) is 3. The lowest BCUT2D eigenvalue weighted by atomic mass is 9.92. The number of rotatable bonds is 9. The minimum Gasteiger partial charge on any atom is -0.392 e. The first-order valence-electron chi connectivity index (χ1n) is 25.8. The molecule has 17 nitrogen and oxygen atoms in total. The summed E-state index contributed by atoms with van der Waals surface area (Å²) < 4.78 is 25.5. The van der Waals surface area contributed by atoms with Crippen LogP contribution in [0.1, 0.15) is 108 Å². The van der Waals surface area contributed by atoms with E-state index in [4.69, 9.17) is 4.11 Å². The van der Waals surface area contributed by atoms with Crippen LogP contribution in [0.15, 0.2) is 65.8 Å². The molecular formula is C52H56N10O7S. The molecule has 70 heavy (non-hydrogen) atoms. The van der Waals surface area contributed by atoms with Gasteiger partial charge in [0.15, 0.2) is 0 Å². The highest BCUT2D eigenvalue weighted by atomic mass is 32.1. The molecular weight excluding hydrogens is 909 g/mol. The van der Waals surface area contributed by atoms with Crippen molar-refractivity contribution in [2.75, 3.05) is 52.7 Å². The number of piperidine rings is 2. The molecule has 18 heteroatoms. The number of fused-ring (bicyclic) bond motifs is 4. The number of carbonyl (C=O) groups excluding carboxylic acids is 5. The van der Waals surface area contributed by atoms with Crippen LogP contribution in [0.5, 0.6) is 0 Å². The maximum Gasteiger partial charge on any atom is 0.274 e. The lowest BCUT2D eigenvalue weighted by Crippen LogP contribution is -2.58. The second-order valence-corrected chi connectivity index (χ2v) is 20.4. The molecule has 0 spiro atoms. The summed E-state index contributed by atoms with van der Waals surface area (Å²) >= 11 is 1.56. The maximum atomic E-state index is 14.1. The van der Waals surface area contributed by atoms with Crippen LogP contribution in [0.3, 0.4) is 0 Å². The zero-order valence-electron chi connectivity index (χ0n) is 42.1. The van der Waals surface area contributed by atoms with Gasteiger partial charge >= 0.3 is 0 Å². The van der Waals surface area contributed by atoms with Crippen molar-refractivity contribution in [3.05, 3.63) is 109 Å². The van der Waals surface area contributed by atoms with Gasteiger partial charge in [-0.1, -0.05) is 0 Å². The van der Waals surface area contributed by atoms with Gasteiger partial charge in [-0.2, -0.15) is 0 Å². The summed E-state index contributed by atoms with van der Waals surface area (Å²) in [5, 5.41) is 16.2. The fourth-order valence-corrected chi connectivity index (χ4v) is 13.0. The van der Waals surface area contributed by atoms with Crippen molar-refractivity contribution in [3.63, 3.8) is 0 Å². The molecule has 362 valence electrons. The average Bonchev–Trinajstić information content (AvgIpc) is 3.88. The van der Waals surface area contributed by atoms with Crippen molar-refractivity contribution in [1.82, 2.24) is 29.7 Å². The number of amides is 5. The number of aryl methyl sites for hydroxylation is 2. The molecule has 0 radical (unpaired) electrons. The molecule has 1 aromatic carbocycles. The van der Waals surface area contributed by atoms with Crippen LogP contribution < -0.4 is 30.9 Å². The van der Waals surface area contributed by atoms with Gasteiger partial charge in [0.25, 0.3) is 23.3 Å². The number of nitrogens with one attached hydrogen (secondary N) is 2. The van der Waals surface area contributed by atoms with E-state index in [0.29, 0.717) is 51.9 Å². The van der Waals surface area contributed by atoms with Gasteiger partial charge in [0, 0.05) is 102 Å². The first-order valence-corrected chi connectivity index (χ1v) is 25.1. The number of aliphatic hydroxyl groups excluding tert-OH is 1. The normalized spacial score (nSPS) is 23.6. The Labute approximate surface area is 413 Å². The van der Waals surface area contributed by atoms with Gasteiger partial charge in [0.1, 0.15) is 23.4 Å². The van der Waals surface area contributed by atoms with Crippen molar-refractivity contribution in [2.45, 2.75) is 102 Å². The van der Waals surface area contributed by atoms with Crippen LogP contribution in [0.4, 0.5) is 28.7 Å². The number of pyridine rings is 3. The Morgan fingerprint density at radius 2 is 1.63 bits per heavy atom. The fourth-order valence-electron chi connectivity index (χ4n) is 11.6. The first kappa shape index (κ1) is 42.1. The van der Waals surface area contributed by atoms with E-state index in [1.54, 1.807) is 52.8 Å². The lowest BCUT2D eigenvalue weighted by Gasteiger charge is -2.48. The summed E-state index contributed by atoms with van der Waals surface area (Å²) in [7, 11) is 0. The van der Waals surface area contributed by atoms with E-state index in [2.05, 4.69) is 49.1 Å². The molecule has 5 amide bonds. The van der Waals surface area contributed by atoms with Crippen LogP contribution in [0, 0.1) is 0 Å². The summed E-state index contributed by atoms with van der Waals surface area (Å²) in [6.07, 6.45) is 11.3. The number of anilines is 5. The van der Waals surface area contributed by atoms with Crippen LogP contribution in [-0.2, 0) is 42.4 Å². The van der Waals surface area contributed by atoms with Gasteiger partial charge < -0.3 is 24.8 Å². The molecule has 6 aliphatic rings. The molecule has 9 heterocycles. The summed E-state index contributed by atoms with van der Waals surface area (Å²) in [6, 6.07) is 11.8. The quantitative estimate of drug-likeness (QED) is 0.164. The highest BCUT2D eigenvalue weighted by Crippen LogP contribution is 2.41. The molecule has 3 fully saturated rings. The van der Waals surface area contributed by atoms with Crippen molar-refractivity contribution in [1.29, 1.82) is 0 Å². The maximum absolute atomic E-state index is 14.1. The van der Waals surface area contributed by atoms with Crippen molar-refractivity contribution < 1.29 is 33.2 Å². The average molecular weight is 968 g/mol. The van der Waals surface area contributed by atoms with Crippen molar-refractivity contribution in [2.24, 2.45) is 6.98 Å². The molecule has 0 saturated carbocycles. The largest absolute Gasteiger partial charge is 0.392 e. The van der Waals surface area contributed by atoms with Gasteiger partial charge in [-0.05, 0) is 124 Å². The molecule has 1 unspecified atom stereocenters. The highest BCUT2D eigenvalue weighted by molar-refractivity contribution is 7.14. The Hall–Kier alpha value is -6.76. The van der Waals surface area contributed by atoms with Gasteiger partial charge in [-0.15, -0.1) is 11.3 Å². The Morgan fingerprint density at radius 1 is 0.814 bits per heavy atom. The third kappa shape index (κ3) is 7.95. The number of hydrogen-bond acceptors (Lipinski definition) is 14. The standard InChI is InChI=1S/C52H56N10O7S/c1-29-22-32(15-18-59(29)33-8-10-38-39(24-33)50(67)62(49(38)66)42-11-13-45(64)56-48(42)65)58-20-21-60(30(2)26-58)34-9-12-44(54-25-34)55-41-23-31(27-57(3)51(41)68)35-14-17-53-47(40(35)28-63)61-19-16-37-36-6-4-5-7-43(36)70-46(37)52(61)69/h8-10,12,14,17,23-25,27,29-30,32,42,63H,4-7,11,13,15-16,18-22,26,28H2,1-3H3,(H,54,55)(H,56,64,65)/t29-,30-,32-,42?/m0/s1/i3D3. The van der Waals surface area contributed by atoms with Crippen molar-refractivity contribution >= 4 is 69.6 Å². The third-order valence-electron chi connectivity index (χ3n) is 15.2. The van der Waals surface area contributed by atoms with Gasteiger partial charge in [-0.3, -0.25) is 48.8 Å². The van der Waals surface area contributed by atoms with E-state index < -0.39 is 48.8 Å². The number of piperazine rings is 1. The monoisotopic (exact) mass is 967 g/mol. The Bertz CT molecular complexity index is 3160. The first-order chi connectivity index (χ1) is 35.1. The van der Waals surface area contributed by atoms with E-state index in [1.807, 2.05) is 12.1 Å². The number of imide groups is 2. The number of nitrogens with zero attached hydrogens (tertiary/aromatic N) is 8. The number of carbonyl (C=O) groups is 5. The van der Waals surface area contributed by atoms with Crippen LogP contribution in [-0.4, -0.2) is 116 Å². The molecule has 3 saturated heterocycles. The van der Waals surface area contributed by atoms with Gasteiger partial charge in [0.05, 0.1) is 34.5 Å². The van der Waals surface area contributed by atoms with E-state index >= 15 is 0 Å². The topological polar surface area (TPSA) is 194 Å². The number of aromatic nitrogens is 3. The summed E-state index contributed by atoms with van der Waals surface area (Å²) in [4.78, 5) is 100.0. The Morgan fingerprint density at radius 3 is 2.40 bits per heavy atom. The molecule has 1 aliphatic carbocycles. The SMILES string of the molecule is [2H]C([2H])([2H])n1cc(-c2ccnc(N3CCc4c(sc5c4CCCC5)C3=O)c2CO)cc(Nc2ccc(N3CCN([C@H]4CCN(c5ccc6c(c5)C(=O)N(C5CCC(=O)NC5=O)C6=O)[C@@H](C)C4)C[C@@H]3C)cn2)c1=O. The molecule has 5 aromatic rings. The zero-order chi connectivity index (χ0) is 51.0. The van der Waals surface area contributed by atoms with E-state index in [1.165, 1.54) is 22.8 Å². The molecule has 3 N–H and O–H groups in total. The highest BCUT2D eigenvalue weighted by Gasteiger charge is 2.45. The Balaban J connectivity index is 0.752. The second kappa shape index (κ2) is 18.2. The van der Waals surface area contributed by atoms with E-state index in [-0.39, 0.29) is 47.6 Å². The van der Waals surface area contributed by atoms with E-state index in [0.717, 1.165) is 91.4 Å². The van der Waals surface area contributed by atoms with Crippen LogP contribution >= 0.6 is 11.3 Å². The molecule has 0 bridgehead atoms. The predicted molar refractivity (Wildman–Crippen MR) is 266 cm³/mol. The second-order valence-electron chi connectivity index (χ2n) is 19.3. The summed E-state index contributed by atoms with van der Waals surface area (Å²) in [6.45, 7) is 4.57. The Kier molecular flexibility index (Phi) is 11.0.